The quantitative estimate of drug-likeness (QED) is 0.778. The van der Waals surface area contributed by atoms with Gasteiger partial charge in [-0.2, -0.15) is 13.2 Å². The van der Waals surface area contributed by atoms with E-state index in [9.17, 15) is 18.0 Å². The summed E-state index contributed by atoms with van der Waals surface area (Å²) in [7, 11) is 0. The van der Waals surface area contributed by atoms with Gasteiger partial charge in [0.05, 0.1) is 24.3 Å². The molecule has 0 radical (unpaired) electrons. The molecule has 2 aromatic rings. The van der Waals surface area contributed by atoms with Crippen LogP contribution in [0, 0.1) is 0 Å². The van der Waals surface area contributed by atoms with Gasteiger partial charge in [-0.1, -0.05) is 12.7 Å². The summed E-state index contributed by atoms with van der Waals surface area (Å²) in [6, 6.07) is 3.53. The standard InChI is InChI=1S/C20H17F3N2O2/c1-3-15-14(6-10(2)17-9-27-17)19-13(8-18(26)24-15)12-7-11(20(21,22)23)4-5-16(12)25-19/h3-7,17,25H,2,8-9H2,1H3,(H,24,26)/b14-6+,15-3+. The second-order valence-electron chi connectivity index (χ2n) is 6.62. The van der Waals surface area contributed by atoms with Crippen LogP contribution in [0.1, 0.15) is 23.7 Å². The van der Waals surface area contributed by atoms with Crippen LogP contribution in [0.5, 0.6) is 0 Å². The van der Waals surface area contributed by atoms with Crippen LogP contribution in [0.2, 0.25) is 0 Å². The molecule has 1 amide bonds. The van der Waals surface area contributed by atoms with E-state index in [1.54, 1.807) is 13.0 Å². The summed E-state index contributed by atoms with van der Waals surface area (Å²) < 4.78 is 44.7. The summed E-state index contributed by atoms with van der Waals surface area (Å²) in [4.78, 5) is 15.5. The molecule has 2 aliphatic rings. The number of alkyl halides is 3. The van der Waals surface area contributed by atoms with Crippen molar-refractivity contribution in [3.63, 3.8) is 0 Å². The fourth-order valence-corrected chi connectivity index (χ4v) is 3.31. The molecule has 1 aromatic carbocycles. The van der Waals surface area contributed by atoms with Crippen LogP contribution in [0.4, 0.5) is 13.2 Å². The third kappa shape index (κ3) is 3.19. The Labute approximate surface area is 153 Å². The first kappa shape index (κ1) is 17.6. The number of aromatic amines is 1. The van der Waals surface area contributed by atoms with Crippen LogP contribution in [-0.4, -0.2) is 23.6 Å². The molecular formula is C20H17F3N2O2. The number of H-pyrrole nitrogens is 1. The third-order valence-electron chi connectivity index (χ3n) is 4.77. The predicted molar refractivity (Wildman–Crippen MR) is 95.8 cm³/mol. The lowest BCUT2D eigenvalue weighted by atomic mass is 9.99. The number of aromatic nitrogens is 1. The number of hydrogen-bond acceptors (Lipinski definition) is 2. The first-order valence-electron chi connectivity index (χ1n) is 8.48. The van der Waals surface area contributed by atoms with E-state index in [4.69, 9.17) is 4.74 Å². The first-order valence-corrected chi connectivity index (χ1v) is 8.48. The highest BCUT2D eigenvalue weighted by Gasteiger charge is 2.32. The molecule has 0 bridgehead atoms. The molecule has 4 nitrogen and oxygen atoms in total. The second kappa shape index (κ2) is 6.13. The zero-order valence-corrected chi connectivity index (χ0v) is 14.5. The molecule has 27 heavy (non-hydrogen) atoms. The molecule has 2 aliphatic heterocycles. The number of allylic oxidation sites excluding steroid dienone is 2. The number of halogens is 3. The maximum absolute atomic E-state index is 13.1. The van der Waals surface area contributed by atoms with Crippen molar-refractivity contribution in [1.29, 1.82) is 0 Å². The summed E-state index contributed by atoms with van der Waals surface area (Å²) in [6.07, 6.45) is -0.947. The fourth-order valence-electron chi connectivity index (χ4n) is 3.31. The van der Waals surface area contributed by atoms with E-state index >= 15 is 0 Å². The highest BCUT2D eigenvalue weighted by Crippen LogP contribution is 2.38. The Hall–Kier alpha value is -2.80. The Kier molecular flexibility index (Phi) is 3.99. The van der Waals surface area contributed by atoms with Crippen LogP contribution in [0.25, 0.3) is 16.5 Å². The SMILES string of the molecule is C=C(/C=C1\C(=C/C)NC(=O)Cc2c1[nH]c1ccc(C(F)(F)F)cc21)C1CO1. The molecule has 3 heterocycles. The van der Waals surface area contributed by atoms with Gasteiger partial charge in [-0.3, -0.25) is 4.79 Å². The van der Waals surface area contributed by atoms with E-state index in [2.05, 4.69) is 16.9 Å². The topological polar surface area (TPSA) is 57.4 Å². The van der Waals surface area contributed by atoms with Crippen molar-refractivity contribution >= 4 is 22.4 Å². The van der Waals surface area contributed by atoms with Crippen LogP contribution >= 0.6 is 0 Å². The van der Waals surface area contributed by atoms with E-state index in [1.165, 1.54) is 6.07 Å². The van der Waals surface area contributed by atoms with Crippen molar-refractivity contribution in [1.82, 2.24) is 10.3 Å². The number of fused-ring (bicyclic) bond motifs is 3. The molecule has 0 spiro atoms. The molecule has 1 atom stereocenters. The number of hydrogen-bond donors (Lipinski definition) is 2. The molecule has 7 heteroatoms. The smallest absolute Gasteiger partial charge is 0.368 e. The van der Waals surface area contributed by atoms with Gasteiger partial charge in [-0.15, -0.1) is 0 Å². The van der Waals surface area contributed by atoms with Gasteiger partial charge in [0.15, 0.2) is 0 Å². The minimum Gasteiger partial charge on any atom is -0.368 e. The van der Waals surface area contributed by atoms with Crippen molar-refractivity contribution in [3.05, 3.63) is 65.0 Å². The number of carbonyl (C=O) groups is 1. The second-order valence-corrected chi connectivity index (χ2v) is 6.62. The van der Waals surface area contributed by atoms with Crippen molar-refractivity contribution in [2.75, 3.05) is 6.61 Å². The van der Waals surface area contributed by atoms with Gasteiger partial charge in [0.25, 0.3) is 0 Å². The van der Waals surface area contributed by atoms with Gasteiger partial charge in [0, 0.05) is 22.2 Å². The van der Waals surface area contributed by atoms with Crippen molar-refractivity contribution in [2.45, 2.75) is 25.6 Å². The van der Waals surface area contributed by atoms with Gasteiger partial charge in [-0.25, -0.2) is 0 Å². The minimum atomic E-state index is -4.45. The Balaban J connectivity index is 1.94. The largest absolute Gasteiger partial charge is 0.416 e. The number of benzene rings is 1. The van der Waals surface area contributed by atoms with Gasteiger partial charge in [0.2, 0.25) is 5.91 Å². The highest BCUT2D eigenvalue weighted by molar-refractivity contribution is 6.00. The van der Waals surface area contributed by atoms with E-state index < -0.39 is 11.7 Å². The lowest BCUT2D eigenvalue weighted by Gasteiger charge is -2.10. The van der Waals surface area contributed by atoms with Gasteiger partial charge >= 0.3 is 6.18 Å². The summed E-state index contributed by atoms with van der Waals surface area (Å²) in [6.45, 7) is 6.38. The molecule has 1 saturated heterocycles. The number of carbonyl (C=O) groups excluding carboxylic acids is 1. The fraction of sp³-hybridized carbons (Fsp3) is 0.250. The molecule has 0 aliphatic carbocycles. The van der Waals surface area contributed by atoms with E-state index in [0.717, 1.165) is 17.7 Å². The molecule has 4 rings (SSSR count). The lowest BCUT2D eigenvalue weighted by Crippen LogP contribution is -2.22. The van der Waals surface area contributed by atoms with Gasteiger partial charge < -0.3 is 15.0 Å². The monoisotopic (exact) mass is 374 g/mol. The average Bonchev–Trinajstić information content (AvgIpc) is 3.41. The van der Waals surface area contributed by atoms with Crippen LogP contribution < -0.4 is 5.32 Å². The number of nitrogens with one attached hydrogen (secondary N) is 2. The Bertz CT molecular complexity index is 1020. The zero-order chi connectivity index (χ0) is 19.3. The van der Waals surface area contributed by atoms with E-state index in [0.29, 0.717) is 40.0 Å². The average molecular weight is 374 g/mol. The summed E-state index contributed by atoms with van der Waals surface area (Å²) in [5, 5.41) is 3.21. The number of rotatable bonds is 2. The third-order valence-corrected chi connectivity index (χ3v) is 4.77. The van der Waals surface area contributed by atoms with E-state index in [-0.39, 0.29) is 18.4 Å². The van der Waals surface area contributed by atoms with Crippen molar-refractivity contribution < 1.29 is 22.7 Å². The van der Waals surface area contributed by atoms with Crippen LogP contribution in [0.15, 0.2) is 48.2 Å². The zero-order valence-electron chi connectivity index (χ0n) is 14.5. The first-order chi connectivity index (χ1) is 12.8. The van der Waals surface area contributed by atoms with Gasteiger partial charge in [0.1, 0.15) is 6.10 Å². The maximum Gasteiger partial charge on any atom is 0.416 e. The van der Waals surface area contributed by atoms with Crippen molar-refractivity contribution in [3.8, 4) is 0 Å². The molecule has 1 unspecified atom stereocenters. The summed E-state index contributed by atoms with van der Waals surface area (Å²) in [5.41, 5.74) is 3.00. The highest BCUT2D eigenvalue weighted by atomic mass is 19.4. The van der Waals surface area contributed by atoms with Crippen LogP contribution in [0.3, 0.4) is 0 Å². The Morgan fingerprint density at radius 3 is 2.74 bits per heavy atom. The maximum atomic E-state index is 13.1. The Morgan fingerprint density at radius 2 is 2.11 bits per heavy atom. The molecule has 140 valence electrons. The molecule has 2 N–H and O–H groups in total. The Morgan fingerprint density at radius 1 is 1.37 bits per heavy atom. The lowest BCUT2D eigenvalue weighted by molar-refractivity contribution is -0.137. The molecule has 0 saturated carbocycles. The predicted octanol–water partition coefficient (Wildman–Crippen LogP) is 4.10. The molecular weight excluding hydrogens is 357 g/mol. The van der Waals surface area contributed by atoms with E-state index in [1.807, 2.05) is 6.08 Å². The molecule has 1 fully saturated rings. The molecule has 1 aromatic heterocycles. The van der Waals surface area contributed by atoms with Crippen LogP contribution in [-0.2, 0) is 22.1 Å². The normalized spacial score (nSPS) is 22.7. The summed E-state index contributed by atoms with van der Waals surface area (Å²) in [5.74, 6) is -0.278. The minimum absolute atomic E-state index is 0.0161. The number of amides is 1. The summed E-state index contributed by atoms with van der Waals surface area (Å²) >= 11 is 0. The van der Waals surface area contributed by atoms with Crippen molar-refractivity contribution in [2.24, 2.45) is 0 Å². The number of epoxide rings is 1. The van der Waals surface area contributed by atoms with Gasteiger partial charge in [-0.05, 0) is 42.3 Å². The number of ether oxygens (including phenoxy) is 1.